The maximum atomic E-state index is 12.6. The molecule has 0 aromatic carbocycles. The van der Waals surface area contributed by atoms with Crippen LogP contribution in [0.4, 0.5) is 5.82 Å². The molecule has 1 unspecified atom stereocenters. The molecule has 1 aliphatic carbocycles. The predicted molar refractivity (Wildman–Crippen MR) is 106 cm³/mol. The summed E-state index contributed by atoms with van der Waals surface area (Å²) in [6.45, 7) is 4.08. The second-order valence-corrected chi connectivity index (χ2v) is 10.1. The Morgan fingerprint density at radius 3 is 2.82 bits per heavy atom. The summed E-state index contributed by atoms with van der Waals surface area (Å²) in [6, 6.07) is 5.97. The zero-order chi connectivity index (χ0) is 19.5. The summed E-state index contributed by atoms with van der Waals surface area (Å²) in [4.78, 5) is 10.3. The molecular weight excluding hydrogens is 378 g/mol. The molecule has 3 aromatic rings. The maximum absolute atomic E-state index is 12.6. The minimum Gasteiger partial charge on any atom is -0.377 e. The first-order valence-electron chi connectivity index (χ1n) is 9.48. The molecule has 0 bridgehead atoms. The van der Waals surface area contributed by atoms with Crippen molar-refractivity contribution in [2.24, 2.45) is 0 Å². The largest absolute Gasteiger partial charge is 0.377 e. The second kappa shape index (κ2) is 6.05. The third-order valence-corrected chi connectivity index (χ3v) is 7.93. The minimum atomic E-state index is -3.28. The second-order valence-electron chi connectivity index (χ2n) is 7.76. The van der Waals surface area contributed by atoms with Crippen LogP contribution in [0, 0.1) is 0 Å². The highest BCUT2D eigenvalue weighted by Gasteiger charge is 2.55. The van der Waals surface area contributed by atoms with E-state index in [1.54, 1.807) is 10.7 Å². The van der Waals surface area contributed by atoms with Gasteiger partial charge < -0.3 is 14.6 Å². The smallest absolute Gasteiger partial charge is 0.167 e. The van der Waals surface area contributed by atoms with Crippen LogP contribution in [0.3, 0.4) is 0 Å². The van der Waals surface area contributed by atoms with E-state index in [4.69, 9.17) is 9.72 Å². The highest BCUT2D eigenvalue weighted by Crippen LogP contribution is 2.53. The van der Waals surface area contributed by atoms with E-state index in [0.717, 1.165) is 23.6 Å². The van der Waals surface area contributed by atoms with E-state index >= 15 is 0 Å². The molecule has 5 rings (SSSR count). The zero-order valence-electron chi connectivity index (χ0n) is 15.9. The predicted octanol–water partition coefficient (Wildman–Crippen LogP) is 1.98. The lowest BCUT2D eigenvalue weighted by molar-refractivity contribution is 0.0985. The lowest BCUT2D eigenvalue weighted by atomic mass is 10.2. The number of hydrogen-bond acceptors (Lipinski definition) is 6. The molecule has 3 aromatic heterocycles. The molecule has 1 saturated carbocycles. The number of nitrogens with one attached hydrogen (secondary N) is 1. The molecule has 8 nitrogen and oxygen atoms in total. The van der Waals surface area contributed by atoms with E-state index < -0.39 is 14.6 Å². The van der Waals surface area contributed by atoms with E-state index in [0.29, 0.717) is 37.4 Å². The highest BCUT2D eigenvalue weighted by molar-refractivity contribution is 7.91. The van der Waals surface area contributed by atoms with Gasteiger partial charge in [0.2, 0.25) is 0 Å². The van der Waals surface area contributed by atoms with Crippen LogP contribution in [0.25, 0.3) is 16.9 Å². The normalized spacial score (nSPS) is 21.9. The fourth-order valence-corrected chi connectivity index (χ4v) is 5.48. The van der Waals surface area contributed by atoms with Crippen molar-refractivity contribution in [1.82, 2.24) is 19.6 Å². The number of ether oxygens (including phenoxy) is 1. The Hall–Kier alpha value is -2.39. The van der Waals surface area contributed by atoms with Crippen molar-refractivity contribution < 1.29 is 13.2 Å². The number of aromatic nitrogens is 4. The number of hydrogen-bond donors (Lipinski definition) is 1. The number of morpholine rings is 1. The number of nitrogens with zero attached hydrogens (tertiary/aromatic N) is 4. The van der Waals surface area contributed by atoms with Crippen LogP contribution in [0.15, 0.2) is 30.6 Å². The van der Waals surface area contributed by atoms with Crippen molar-refractivity contribution in [2.75, 3.05) is 30.9 Å². The van der Waals surface area contributed by atoms with E-state index in [-0.39, 0.29) is 6.04 Å². The summed E-state index contributed by atoms with van der Waals surface area (Å²) >= 11 is 0. The standard InChI is InChI=1S/C19H23N5O3S/c1-13-12-27-9-8-23(13)17-10-16(19(5-6-19)28(2,25)26)24-18(22-17)14(11-21-24)15-4-3-7-20-15/h3-4,7,10-11,13,20H,5-6,8-9,12H2,1-2H3. The zero-order valence-corrected chi connectivity index (χ0v) is 16.7. The Balaban J connectivity index is 1.76. The first-order valence-corrected chi connectivity index (χ1v) is 11.4. The molecule has 4 heterocycles. The molecule has 0 amide bonds. The average Bonchev–Trinajstić information content (AvgIpc) is 3.11. The van der Waals surface area contributed by atoms with Crippen LogP contribution in [0.2, 0.25) is 0 Å². The highest BCUT2D eigenvalue weighted by atomic mass is 32.2. The SMILES string of the molecule is CC1COCCN1c1cc(C2(S(C)(=O)=O)CC2)n2ncc(-c3ccc[nH]3)c2n1. The molecule has 1 saturated heterocycles. The number of sulfone groups is 1. The summed E-state index contributed by atoms with van der Waals surface area (Å²) in [5, 5.41) is 4.53. The van der Waals surface area contributed by atoms with Crippen LogP contribution in [-0.2, 0) is 19.3 Å². The molecule has 1 aliphatic heterocycles. The topological polar surface area (TPSA) is 92.6 Å². The van der Waals surface area contributed by atoms with Gasteiger partial charge in [-0.3, -0.25) is 0 Å². The molecule has 2 fully saturated rings. The van der Waals surface area contributed by atoms with Gasteiger partial charge >= 0.3 is 0 Å². The Labute approximate surface area is 163 Å². The van der Waals surface area contributed by atoms with Crippen LogP contribution >= 0.6 is 0 Å². The summed E-state index contributed by atoms with van der Waals surface area (Å²) < 4.78 is 31.7. The Bertz CT molecular complexity index is 1130. The van der Waals surface area contributed by atoms with Crippen LogP contribution in [-0.4, -0.2) is 60.1 Å². The van der Waals surface area contributed by atoms with Gasteiger partial charge in [0.25, 0.3) is 0 Å². The quantitative estimate of drug-likeness (QED) is 0.719. The number of H-pyrrole nitrogens is 1. The molecule has 0 spiro atoms. The number of fused-ring (bicyclic) bond motifs is 1. The lowest BCUT2D eigenvalue weighted by Crippen LogP contribution is -2.44. The molecule has 2 aliphatic rings. The Kier molecular flexibility index (Phi) is 3.82. The van der Waals surface area contributed by atoms with E-state index in [9.17, 15) is 8.42 Å². The fourth-order valence-electron chi connectivity index (χ4n) is 4.11. The van der Waals surface area contributed by atoms with Gasteiger partial charge in [-0.05, 0) is 31.9 Å². The van der Waals surface area contributed by atoms with Gasteiger partial charge in [0, 0.05) is 25.1 Å². The van der Waals surface area contributed by atoms with E-state index in [1.807, 2.05) is 24.4 Å². The Morgan fingerprint density at radius 2 is 2.18 bits per heavy atom. The van der Waals surface area contributed by atoms with Gasteiger partial charge in [0.1, 0.15) is 10.6 Å². The first-order chi connectivity index (χ1) is 13.4. The molecule has 28 heavy (non-hydrogen) atoms. The number of rotatable bonds is 4. The average molecular weight is 401 g/mol. The molecule has 1 N–H and O–H groups in total. The van der Waals surface area contributed by atoms with Gasteiger partial charge in [0.15, 0.2) is 15.5 Å². The first kappa shape index (κ1) is 17.7. The maximum Gasteiger partial charge on any atom is 0.167 e. The summed E-state index contributed by atoms with van der Waals surface area (Å²) in [5.41, 5.74) is 3.14. The monoisotopic (exact) mass is 401 g/mol. The van der Waals surface area contributed by atoms with Gasteiger partial charge in [-0.25, -0.2) is 17.9 Å². The third kappa shape index (κ3) is 2.56. The fraction of sp³-hybridized carbons (Fsp3) is 0.474. The van der Waals surface area contributed by atoms with Gasteiger partial charge in [0.05, 0.1) is 42.4 Å². The summed E-state index contributed by atoms with van der Waals surface area (Å²) in [7, 11) is -3.28. The van der Waals surface area contributed by atoms with Crippen molar-refractivity contribution in [2.45, 2.75) is 30.6 Å². The summed E-state index contributed by atoms with van der Waals surface area (Å²) in [5.74, 6) is 0.779. The Morgan fingerprint density at radius 1 is 1.36 bits per heavy atom. The van der Waals surface area contributed by atoms with Crippen LogP contribution in [0.1, 0.15) is 25.5 Å². The third-order valence-electron chi connectivity index (χ3n) is 5.89. The van der Waals surface area contributed by atoms with Gasteiger partial charge in [-0.1, -0.05) is 0 Å². The van der Waals surface area contributed by atoms with E-state index in [2.05, 4.69) is 21.9 Å². The molecule has 148 valence electrons. The molecule has 1 atom stereocenters. The molecule has 9 heteroatoms. The van der Waals surface area contributed by atoms with Crippen LogP contribution in [0.5, 0.6) is 0 Å². The van der Waals surface area contributed by atoms with Crippen molar-refractivity contribution in [3.8, 4) is 11.3 Å². The lowest BCUT2D eigenvalue weighted by Gasteiger charge is -2.34. The van der Waals surface area contributed by atoms with Crippen molar-refractivity contribution in [3.63, 3.8) is 0 Å². The molecule has 0 radical (unpaired) electrons. The van der Waals surface area contributed by atoms with Crippen molar-refractivity contribution >= 4 is 21.3 Å². The van der Waals surface area contributed by atoms with Gasteiger partial charge in [-0.2, -0.15) is 5.10 Å². The van der Waals surface area contributed by atoms with Gasteiger partial charge in [-0.15, -0.1) is 0 Å². The number of anilines is 1. The number of aromatic amines is 1. The van der Waals surface area contributed by atoms with Crippen molar-refractivity contribution in [3.05, 3.63) is 36.3 Å². The van der Waals surface area contributed by atoms with Crippen LogP contribution < -0.4 is 4.90 Å². The van der Waals surface area contributed by atoms with E-state index in [1.165, 1.54) is 6.26 Å². The minimum absolute atomic E-state index is 0.168. The molecular formula is C19H23N5O3S. The van der Waals surface area contributed by atoms with Crippen molar-refractivity contribution in [1.29, 1.82) is 0 Å². The summed E-state index contributed by atoms with van der Waals surface area (Å²) in [6.07, 6.45) is 6.15.